The van der Waals surface area contributed by atoms with Gasteiger partial charge in [0.2, 0.25) is 0 Å². The molecule has 2 rings (SSSR count). The summed E-state index contributed by atoms with van der Waals surface area (Å²) in [7, 11) is 0. The highest BCUT2D eigenvalue weighted by atomic mass is 35.5. The standard InChI is InChI=1S/C15H22ClN3/c1-14(2,3)10-15(4,5)19-12(9-16)18-11-7-6-8-17-13(11)19/h6-8H,9-10H2,1-5H3. The highest BCUT2D eigenvalue weighted by Crippen LogP contribution is 2.35. The number of hydrogen-bond acceptors (Lipinski definition) is 2. The molecule has 0 aliphatic carbocycles. The van der Waals surface area contributed by atoms with Gasteiger partial charge in [0.25, 0.3) is 0 Å². The van der Waals surface area contributed by atoms with Crippen molar-refractivity contribution in [2.75, 3.05) is 0 Å². The first-order valence-corrected chi connectivity index (χ1v) is 7.17. The smallest absolute Gasteiger partial charge is 0.160 e. The van der Waals surface area contributed by atoms with Crippen LogP contribution in [0.4, 0.5) is 0 Å². The van der Waals surface area contributed by atoms with Gasteiger partial charge in [0, 0.05) is 11.7 Å². The van der Waals surface area contributed by atoms with E-state index in [9.17, 15) is 0 Å². The third-order valence-corrected chi connectivity index (χ3v) is 3.41. The normalized spacial score (nSPS) is 13.2. The Kier molecular flexibility index (Phi) is 3.61. The Morgan fingerprint density at radius 3 is 2.47 bits per heavy atom. The summed E-state index contributed by atoms with van der Waals surface area (Å²) >= 11 is 6.07. The quantitative estimate of drug-likeness (QED) is 0.783. The van der Waals surface area contributed by atoms with Gasteiger partial charge in [-0.25, -0.2) is 9.97 Å². The second kappa shape index (κ2) is 4.78. The Morgan fingerprint density at radius 2 is 1.89 bits per heavy atom. The molecule has 104 valence electrons. The van der Waals surface area contributed by atoms with E-state index in [0.29, 0.717) is 5.88 Å². The average Bonchev–Trinajstić information content (AvgIpc) is 2.64. The van der Waals surface area contributed by atoms with Crippen LogP contribution in [0.25, 0.3) is 11.2 Å². The maximum absolute atomic E-state index is 6.07. The zero-order chi connectivity index (χ0) is 14.3. The van der Waals surface area contributed by atoms with Crippen molar-refractivity contribution in [1.82, 2.24) is 14.5 Å². The van der Waals surface area contributed by atoms with Crippen LogP contribution < -0.4 is 0 Å². The Hall–Kier alpha value is -1.09. The van der Waals surface area contributed by atoms with Crippen LogP contribution >= 0.6 is 11.6 Å². The lowest BCUT2D eigenvalue weighted by Crippen LogP contribution is -2.32. The van der Waals surface area contributed by atoms with Crippen molar-refractivity contribution in [2.45, 2.75) is 52.5 Å². The molecule has 4 heteroatoms. The molecule has 2 aromatic rings. The molecule has 0 N–H and O–H groups in total. The van der Waals surface area contributed by atoms with Gasteiger partial charge in [-0.2, -0.15) is 0 Å². The predicted molar refractivity (Wildman–Crippen MR) is 80.5 cm³/mol. The first-order chi connectivity index (χ1) is 8.74. The van der Waals surface area contributed by atoms with Crippen LogP contribution in [0.5, 0.6) is 0 Å². The van der Waals surface area contributed by atoms with Gasteiger partial charge >= 0.3 is 0 Å². The maximum Gasteiger partial charge on any atom is 0.160 e. The summed E-state index contributed by atoms with van der Waals surface area (Å²) in [4.78, 5) is 9.08. The lowest BCUT2D eigenvalue weighted by molar-refractivity contribution is 0.215. The minimum absolute atomic E-state index is 0.0639. The molecule has 0 bridgehead atoms. The summed E-state index contributed by atoms with van der Waals surface area (Å²) in [5.74, 6) is 1.30. The lowest BCUT2D eigenvalue weighted by Gasteiger charge is -2.35. The summed E-state index contributed by atoms with van der Waals surface area (Å²) in [5, 5.41) is 0. The molecule has 0 aromatic carbocycles. The second-order valence-corrected chi connectivity index (χ2v) is 7.16. The third kappa shape index (κ3) is 2.92. The number of aromatic nitrogens is 3. The van der Waals surface area contributed by atoms with Crippen LogP contribution in [-0.4, -0.2) is 14.5 Å². The molecule has 0 saturated heterocycles. The SMILES string of the molecule is CC(C)(C)CC(C)(C)n1c(CCl)nc2cccnc21. The zero-order valence-electron chi connectivity index (χ0n) is 12.4. The summed E-state index contributed by atoms with van der Waals surface area (Å²) in [5.41, 5.74) is 2.01. The van der Waals surface area contributed by atoms with Crippen LogP contribution in [0, 0.1) is 5.41 Å². The van der Waals surface area contributed by atoms with Crippen molar-refractivity contribution >= 4 is 22.8 Å². The number of halogens is 1. The van der Waals surface area contributed by atoms with Gasteiger partial charge < -0.3 is 4.57 Å². The second-order valence-electron chi connectivity index (χ2n) is 6.89. The minimum Gasteiger partial charge on any atom is -0.306 e. The molecule has 0 radical (unpaired) electrons. The van der Waals surface area contributed by atoms with E-state index in [0.717, 1.165) is 23.4 Å². The minimum atomic E-state index is -0.0639. The molecule has 0 saturated carbocycles. The van der Waals surface area contributed by atoms with Gasteiger partial charge in [-0.15, -0.1) is 11.6 Å². The zero-order valence-corrected chi connectivity index (χ0v) is 13.1. The Balaban J connectivity index is 2.59. The fourth-order valence-corrected chi connectivity index (χ4v) is 3.24. The molecule has 0 fully saturated rings. The lowest BCUT2D eigenvalue weighted by atomic mass is 9.81. The first-order valence-electron chi connectivity index (χ1n) is 6.63. The molecule has 2 heterocycles. The van der Waals surface area contributed by atoms with Gasteiger partial charge in [-0.3, -0.25) is 0 Å². The first kappa shape index (κ1) is 14.3. The van der Waals surface area contributed by atoms with Crippen LogP contribution in [0.15, 0.2) is 18.3 Å². The van der Waals surface area contributed by atoms with Gasteiger partial charge in [0.1, 0.15) is 11.3 Å². The molecule has 0 spiro atoms. The number of fused-ring (bicyclic) bond motifs is 1. The van der Waals surface area contributed by atoms with E-state index in [4.69, 9.17) is 11.6 Å². The number of hydrogen-bond donors (Lipinski definition) is 0. The number of pyridine rings is 1. The van der Waals surface area contributed by atoms with E-state index >= 15 is 0 Å². The number of rotatable bonds is 3. The molecule has 0 aliphatic heterocycles. The maximum atomic E-state index is 6.07. The summed E-state index contributed by atoms with van der Waals surface area (Å²) in [6.07, 6.45) is 2.84. The number of alkyl halides is 1. The molecule has 2 aromatic heterocycles. The summed E-state index contributed by atoms with van der Waals surface area (Å²) < 4.78 is 2.20. The molecular formula is C15H22ClN3. The van der Waals surface area contributed by atoms with Crippen molar-refractivity contribution in [2.24, 2.45) is 5.41 Å². The van der Waals surface area contributed by atoms with Crippen molar-refractivity contribution in [1.29, 1.82) is 0 Å². The van der Waals surface area contributed by atoms with Crippen molar-refractivity contribution in [3.63, 3.8) is 0 Å². The molecule has 0 atom stereocenters. The van der Waals surface area contributed by atoms with E-state index in [2.05, 4.69) is 49.2 Å². The van der Waals surface area contributed by atoms with Gasteiger partial charge in [-0.1, -0.05) is 20.8 Å². The monoisotopic (exact) mass is 279 g/mol. The van der Waals surface area contributed by atoms with Crippen LogP contribution in [0.1, 0.15) is 46.9 Å². The largest absolute Gasteiger partial charge is 0.306 e. The Morgan fingerprint density at radius 1 is 1.21 bits per heavy atom. The van der Waals surface area contributed by atoms with Gasteiger partial charge in [0.05, 0.1) is 5.88 Å². The van der Waals surface area contributed by atoms with Gasteiger partial charge in [0.15, 0.2) is 5.65 Å². The van der Waals surface area contributed by atoms with Crippen molar-refractivity contribution in [3.05, 3.63) is 24.2 Å². The highest BCUT2D eigenvalue weighted by Gasteiger charge is 2.30. The van der Waals surface area contributed by atoms with E-state index in [1.165, 1.54) is 0 Å². The van der Waals surface area contributed by atoms with Gasteiger partial charge in [-0.05, 0) is 37.8 Å². The molecule has 0 unspecified atom stereocenters. The highest BCUT2D eigenvalue weighted by molar-refractivity contribution is 6.16. The predicted octanol–water partition coefficient (Wildman–Crippen LogP) is 4.34. The summed E-state index contributed by atoms with van der Waals surface area (Å²) in [6, 6.07) is 3.90. The van der Waals surface area contributed by atoms with E-state index in [1.54, 1.807) is 0 Å². The van der Waals surface area contributed by atoms with Crippen LogP contribution in [0.3, 0.4) is 0 Å². The fraction of sp³-hybridized carbons (Fsp3) is 0.600. The van der Waals surface area contributed by atoms with Crippen molar-refractivity contribution < 1.29 is 0 Å². The average molecular weight is 280 g/mol. The van der Waals surface area contributed by atoms with Crippen LogP contribution in [0.2, 0.25) is 0 Å². The molecule has 3 nitrogen and oxygen atoms in total. The topological polar surface area (TPSA) is 30.7 Å². The number of imidazole rings is 1. The van der Waals surface area contributed by atoms with Crippen LogP contribution in [-0.2, 0) is 11.4 Å². The fourth-order valence-electron chi connectivity index (χ4n) is 3.06. The third-order valence-electron chi connectivity index (χ3n) is 3.17. The number of nitrogens with zero attached hydrogens (tertiary/aromatic N) is 3. The molecule has 19 heavy (non-hydrogen) atoms. The Labute approximate surface area is 120 Å². The molecular weight excluding hydrogens is 258 g/mol. The van der Waals surface area contributed by atoms with E-state index < -0.39 is 0 Å². The van der Waals surface area contributed by atoms with E-state index in [1.807, 2.05) is 18.3 Å². The Bertz CT molecular complexity index is 579. The molecule has 0 amide bonds. The summed E-state index contributed by atoms with van der Waals surface area (Å²) in [6.45, 7) is 11.2. The van der Waals surface area contributed by atoms with E-state index in [-0.39, 0.29) is 11.0 Å². The molecule has 0 aliphatic rings. The van der Waals surface area contributed by atoms with Crippen molar-refractivity contribution in [3.8, 4) is 0 Å².